The highest BCUT2D eigenvalue weighted by Gasteiger charge is 2.13. The van der Waals surface area contributed by atoms with E-state index in [1.807, 2.05) is 11.4 Å². The number of benzene rings is 2. The van der Waals surface area contributed by atoms with Gasteiger partial charge in [0.2, 0.25) is 0 Å². The van der Waals surface area contributed by atoms with E-state index < -0.39 is 0 Å². The molecule has 7 heteroatoms. The summed E-state index contributed by atoms with van der Waals surface area (Å²) >= 11 is 1.36. The van der Waals surface area contributed by atoms with Crippen LogP contribution in [0.15, 0.2) is 60.0 Å². The highest BCUT2D eigenvalue weighted by atomic mass is 32.1. The van der Waals surface area contributed by atoms with Crippen molar-refractivity contribution in [2.75, 3.05) is 23.8 Å². The monoisotopic (exact) mass is 394 g/mol. The van der Waals surface area contributed by atoms with Crippen LogP contribution in [0.1, 0.15) is 26.5 Å². The highest BCUT2D eigenvalue weighted by Crippen LogP contribution is 2.32. The molecule has 2 N–H and O–H groups in total. The molecule has 0 unspecified atom stereocenters. The van der Waals surface area contributed by atoms with E-state index in [-0.39, 0.29) is 11.8 Å². The Morgan fingerprint density at radius 3 is 2.43 bits per heavy atom. The molecule has 28 heavy (non-hydrogen) atoms. The van der Waals surface area contributed by atoms with Gasteiger partial charge >= 0.3 is 0 Å². The number of carbonyl (C=O) groups excluding carboxylic acids is 2. The zero-order valence-electron chi connectivity index (χ0n) is 14.9. The molecule has 2 amide bonds. The minimum Gasteiger partial charge on any atom is -0.490 e. The van der Waals surface area contributed by atoms with Gasteiger partial charge < -0.3 is 20.1 Å². The van der Waals surface area contributed by atoms with Crippen LogP contribution >= 0.6 is 11.3 Å². The molecule has 6 nitrogen and oxygen atoms in total. The number of thiophene rings is 1. The second kappa shape index (κ2) is 8.14. The predicted molar refractivity (Wildman–Crippen MR) is 109 cm³/mol. The molecule has 2 heterocycles. The van der Waals surface area contributed by atoms with Crippen LogP contribution < -0.4 is 20.1 Å². The average Bonchev–Trinajstić information content (AvgIpc) is 3.15. The Labute approximate surface area is 166 Å². The molecule has 0 saturated carbocycles. The molecule has 142 valence electrons. The second-order valence-electron chi connectivity index (χ2n) is 6.18. The molecule has 2 aromatic carbocycles. The van der Waals surface area contributed by atoms with Crippen molar-refractivity contribution in [3.05, 3.63) is 70.4 Å². The van der Waals surface area contributed by atoms with Gasteiger partial charge in [0.1, 0.15) is 0 Å². The lowest BCUT2D eigenvalue weighted by atomic mass is 10.1. The Morgan fingerprint density at radius 1 is 0.821 bits per heavy atom. The first kappa shape index (κ1) is 18.1. The zero-order valence-corrected chi connectivity index (χ0v) is 15.8. The highest BCUT2D eigenvalue weighted by molar-refractivity contribution is 7.12. The zero-order chi connectivity index (χ0) is 19.3. The minimum absolute atomic E-state index is 0.199. The predicted octanol–water partition coefficient (Wildman–Crippen LogP) is 4.41. The first-order valence-electron chi connectivity index (χ1n) is 8.85. The maximum Gasteiger partial charge on any atom is 0.265 e. The summed E-state index contributed by atoms with van der Waals surface area (Å²) in [5.41, 5.74) is 1.61. The fourth-order valence-electron chi connectivity index (χ4n) is 2.78. The summed E-state index contributed by atoms with van der Waals surface area (Å²) in [7, 11) is 0. The molecule has 1 aromatic heterocycles. The van der Waals surface area contributed by atoms with E-state index in [4.69, 9.17) is 9.47 Å². The Bertz CT molecular complexity index is 1000. The fourth-order valence-corrected chi connectivity index (χ4v) is 3.40. The van der Waals surface area contributed by atoms with Crippen LogP contribution in [0.3, 0.4) is 0 Å². The largest absolute Gasteiger partial charge is 0.490 e. The van der Waals surface area contributed by atoms with E-state index in [1.165, 1.54) is 11.3 Å². The van der Waals surface area contributed by atoms with Gasteiger partial charge in [-0.1, -0.05) is 12.1 Å². The van der Waals surface area contributed by atoms with Crippen LogP contribution in [-0.2, 0) is 0 Å². The van der Waals surface area contributed by atoms with Crippen molar-refractivity contribution in [2.45, 2.75) is 6.42 Å². The summed E-state index contributed by atoms with van der Waals surface area (Å²) in [5, 5.41) is 7.50. The number of hydrogen-bond donors (Lipinski definition) is 2. The molecule has 0 radical (unpaired) electrons. The summed E-state index contributed by atoms with van der Waals surface area (Å²) < 4.78 is 11.3. The number of nitrogens with one attached hydrogen (secondary N) is 2. The first-order chi connectivity index (χ1) is 13.7. The summed E-state index contributed by atoms with van der Waals surface area (Å²) in [4.78, 5) is 25.4. The molecule has 3 aromatic rings. The van der Waals surface area contributed by atoms with E-state index in [9.17, 15) is 9.59 Å². The summed E-state index contributed by atoms with van der Waals surface area (Å²) in [6.45, 7) is 1.19. The quantitative estimate of drug-likeness (QED) is 0.687. The molecular formula is C21H18N2O4S. The molecular weight excluding hydrogens is 376 g/mol. The third-order valence-corrected chi connectivity index (χ3v) is 5.00. The van der Waals surface area contributed by atoms with Crippen LogP contribution in [0.2, 0.25) is 0 Å². The third-order valence-electron chi connectivity index (χ3n) is 4.13. The summed E-state index contributed by atoms with van der Waals surface area (Å²) in [6, 6.07) is 15.7. The Morgan fingerprint density at radius 2 is 1.61 bits per heavy atom. The molecule has 4 rings (SSSR count). The number of anilines is 2. The van der Waals surface area contributed by atoms with Crippen LogP contribution in [0.4, 0.5) is 11.4 Å². The van der Waals surface area contributed by atoms with Crippen LogP contribution in [-0.4, -0.2) is 25.0 Å². The number of carbonyl (C=O) groups is 2. The van der Waals surface area contributed by atoms with Crippen LogP contribution in [0.5, 0.6) is 11.5 Å². The molecule has 0 fully saturated rings. The SMILES string of the molecule is O=C(Nc1ccc2c(c1)OCCCO2)c1cccc(NC(=O)c2cccs2)c1. The van der Waals surface area contributed by atoms with Gasteiger partial charge in [-0.3, -0.25) is 9.59 Å². The van der Waals surface area contributed by atoms with Gasteiger partial charge in [-0.2, -0.15) is 0 Å². The topological polar surface area (TPSA) is 76.7 Å². The minimum atomic E-state index is -0.276. The Hall–Kier alpha value is -3.32. The van der Waals surface area contributed by atoms with E-state index >= 15 is 0 Å². The molecule has 0 spiro atoms. The molecule has 1 aliphatic rings. The van der Waals surface area contributed by atoms with Gasteiger partial charge in [0.05, 0.1) is 18.1 Å². The lowest BCUT2D eigenvalue weighted by Gasteiger charge is -2.11. The fraction of sp³-hybridized carbons (Fsp3) is 0.143. The first-order valence-corrected chi connectivity index (χ1v) is 9.73. The average molecular weight is 394 g/mol. The van der Waals surface area contributed by atoms with Gasteiger partial charge in [-0.05, 0) is 41.8 Å². The van der Waals surface area contributed by atoms with E-state index in [1.54, 1.807) is 48.5 Å². The van der Waals surface area contributed by atoms with Crippen molar-refractivity contribution >= 4 is 34.5 Å². The smallest absolute Gasteiger partial charge is 0.265 e. The maximum atomic E-state index is 12.6. The number of ether oxygens (including phenoxy) is 2. The molecule has 0 aliphatic carbocycles. The van der Waals surface area contributed by atoms with Crippen LogP contribution in [0, 0.1) is 0 Å². The number of rotatable bonds is 4. The van der Waals surface area contributed by atoms with Crippen molar-refractivity contribution in [1.82, 2.24) is 0 Å². The van der Waals surface area contributed by atoms with Gasteiger partial charge in [-0.25, -0.2) is 0 Å². The third kappa shape index (κ3) is 4.15. The molecule has 0 atom stereocenters. The second-order valence-corrected chi connectivity index (χ2v) is 7.13. The van der Waals surface area contributed by atoms with Crippen molar-refractivity contribution in [2.24, 2.45) is 0 Å². The normalized spacial score (nSPS) is 12.7. The van der Waals surface area contributed by atoms with Crippen molar-refractivity contribution < 1.29 is 19.1 Å². The van der Waals surface area contributed by atoms with Gasteiger partial charge in [0, 0.05) is 29.4 Å². The van der Waals surface area contributed by atoms with Crippen molar-refractivity contribution in [1.29, 1.82) is 0 Å². The lowest BCUT2D eigenvalue weighted by molar-refractivity contribution is 0.101. The standard InChI is InChI=1S/C21H18N2O4S/c24-20(22-16-7-8-17-18(13-16)27-10-3-9-26-17)14-4-1-5-15(12-14)23-21(25)19-6-2-11-28-19/h1-2,4-8,11-13H,3,9-10H2,(H,22,24)(H,23,25). The lowest BCUT2D eigenvalue weighted by Crippen LogP contribution is -2.14. The molecule has 0 bridgehead atoms. The van der Waals surface area contributed by atoms with Gasteiger partial charge in [-0.15, -0.1) is 11.3 Å². The molecule has 1 aliphatic heterocycles. The summed E-state index contributed by atoms with van der Waals surface area (Å²) in [6.07, 6.45) is 0.820. The van der Waals surface area contributed by atoms with E-state index in [0.717, 1.165) is 6.42 Å². The van der Waals surface area contributed by atoms with Gasteiger partial charge in [0.15, 0.2) is 11.5 Å². The van der Waals surface area contributed by atoms with E-state index in [2.05, 4.69) is 10.6 Å². The summed E-state index contributed by atoms with van der Waals surface area (Å²) in [5.74, 6) is 0.818. The Balaban J connectivity index is 1.46. The molecule has 0 saturated heterocycles. The van der Waals surface area contributed by atoms with Crippen LogP contribution in [0.25, 0.3) is 0 Å². The van der Waals surface area contributed by atoms with Crippen molar-refractivity contribution in [3.8, 4) is 11.5 Å². The van der Waals surface area contributed by atoms with Crippen molar-refractivity contribution in [3.63, 3.8) is 0 Å². The number of fused-ring (bicyclic) bond motifs is 1. The number of hydrogen-bond acceptors (Lipinski definition) is 5. The Kier molecular flexibility index (Phi) is 5.25. The van der Waals surface area contributed by atoms with E-state index in [0.29, 0.717) is 46.5 Å². The maximum absolute atomic E-state index is 12.6. The number of amides is 2. The van der Waals surface area contributed by atoms with Gasteiger partial charge in [0.25, 0.3) is 11.8 Å².